The highest BCUT2D eigenvalue weighted by Crippen LogP contribution is 2.29. The normalized spacial score (nSPS) is 11.2. The Morgan fingerprint density at radius 2 is 1.91 bits per heavy atom. The monoisotopic (exact) mass is 477 g/mol. The van der Waals surface area contributed by atoms with Gasteiger partial charge in [-0.2, -0.15) is 0 Å². The summed E-state index contributed by atoms with van der Waals surface area (Å²) < 4.78 is 32.9. The fraction of sp³-hybridized carbons (Fsp3) is 0.214. The van der Waals surface area contributed by atoms with Crippen LogP contribution in [0.25, 0.3) is 5.57 Å². The zero-order valence-electron chi connectivity index (χ0n) is 20.1. The van der Waals surface area contributed by atoms with E-state index < -0.39 is 11.6 Å². The molecule has 5 nitrogen and oxygen atoms in total. The van der Waals surface area contributed by atoms with Gasteiger partial charge in [-0.15, -0.1) is 0 Å². The van der Waals surface area contributed by atoms with Crippen LogP contribution in [-0.4, -0.2) is 29.4 Å². The van der Waals surface area contributed by atoms with Gasteiger partial charge in [-0.05, 0) is 49.2 Å². The number of carbonyl (C=O) groups is 1. The van der Waals surface area contributed by atoms with Gasteiger partial charge in [0.25, 0.3) is 5.91 Å². The van der Waals surface area contributed by atoms with E-state index in [1.54, 1.807) is 43.5 Å². The summed E-state index contributed by atoms with van der Waals surface area (Å²) in [7, 11) is 2.00. The molecule has 0 aliphatic heterocycles. The van der Waals surface area contributed by atoms with Gasteiger partial charge < -0.3 is 15.0 Å². The highest BCUT2D eigenvalue weighted by Gasteiger charge is 2.14. The van der Waals surface area contributed by atoms with Crippen LogP contribution in [0.15, 0.2) is 73.6 Å². The Hall–Kier alpha value is -4.00. The number of hydrogen-bond acceptors (Lipinski definition) is 4. The van der Waals surface area contributed by atoms with Gasteiger partial charge in [0, 0.05) is 61.4 Å². The number of amides is 1. The molecule has 0 atom stereocenters. The molecule has 0 spiro atoms. The van der Waals surface area contributed by atoms with Crippen LogP contribution in [0.4, 0.5) is 8.78 Å². The lowest BCUT2D eigenvalue weighted by atomic mass is 10.1. The summed E-state index contributed by atoms with van der Waals surface area (Å²) in [5, 5.41) is 2.70. The topological polar surface area (TPSA) is 54.5 Å². The second-order valence-corrected chi connectivity index (χ2v) is 8.14. The summed E-state index contributed by atoms with van der Waals surface area (Å²) >= 11 is 0. The number of benzene rings is 2. The zero-order valence-corrected chi connectivity index (χ0v) is 20.1. The third kappa shape index (κ3) is 6.99. The van der Waals surface area contributed by atoms with E-state index in [0.29, 0.717) is 33.9 Å². The molecule has 0 unspecified atom stereocenters. The SMILES string of the molecule is C=C/C(=C\N(C)CCC)c1cc(Oc2cccc(C(=O)NCc3cc(F)cc(F)c3)c2C)ccn1. The van der Waals surface area contributed by atoms with E-state index in [1.165, 1.54) is 12.1 Å². The van der Waals surface area contributed by atoms with Crippen LogP contribution in [-0.2, 0) is 6.54 Å². The van der Waals surface area contributed by atoms with Crippen LogP contribution in [0.3, 0.4) is 0 Å². The average molecular weight is 478 g/mol. The minimum atomic E-state index is -0.691. The molecule has 35 heavy (non-hydrogen) atoms. The molecule has 0 fully saturated rings. The zero-order chi connectivity index (χ0) is 25.4. The van der Waals surface area contributed by atoms with Gasteiger partial charge in [-0.3, -0.25) is 9.78 Å². The first-order valence-electron chi connectivity index (χ1n) is 11.3. The number of halogens is 2. The second-order valence-electron chi connectivity index (χ2n) is 8.14. The van der Waals surface area contributed by atoms with E-state index in [9.17, 15) is 13.6 Å². The van der Waals surface area contributed by atoms with Crippen molar-refractivity contribution >= 4 is 11.5 Å². The summed E-state index contributed by atoms with van der Waals surface area (Å²) in [4.78, 5) is 19.3. The fourth-order valence-electron chi connectivity index (χ4n) is 3.60. The Morgan fingerprint density at radius 1 is 1.17 bits per heavy atom. The predicted molar refractivity (Wildman–Crippen MR) is 134 cm³/mol. The fourth-order valence-corrected chi connectivity index (χ4v) is 3.60. The Labute approximate surface area is 204 Å². The van der Waals surface area contributed by atoms with E-state index in [2.05, 4.69) is 28.7 Å². The van der Waals surface area contributed by atoms with E-state index >= 15 is 0 Å². The van der Waals surface area contributed by atoms with Crippen LogP contribution in [0, 0.1) is 18.6 Å². The summed E-state index contributed by atoms with van der Waals surface area (Å²) in [6, 6.07) is 11.9. The summed E-state index contributed by atoms with van der Waals surface area (Å²) in [6.45, 7) is 8.70. The van der Waals surface area contributed by atoms with E-state index in [4.69, 9.17) is 4.74 Å². The number of aromatic nitrogens is 1. The Bertz CT molecular complexity index is 1220. The van der Waals surface area contributed by atoms with Gasteiger partial charge in [0.2, 0.25) is 0 Å². The molecule has 0 saturated heterocycles. The van der Waals surface area contributed by atoms with E-state index in [1.807, 2.05) is 19.3 Å². The molecule has 0 aliphatic rings. The highest BCUT2D eigenvalue weighted by atomic mass is 19.1. The molecule has 7 heteroatoms. The van der Waals surface area contributed by atoms with Gasteiger partial charge >= 0.3 is 0 Å². The quantitative estimate of drug-likeness (QED) is 0.350. The Kier molecular flexibility index (Phi) is 8.73. The van der Waals surface area contributed by atoms with Crippen molar-refractivity contribution < 1.29 is 18.3 Å². The molecule has 0 bridgehead atoms. The standard InChI is InChI=1S/C28H29F2N3O2/c1-5-12-33(4)18-21(6-2)26-16-24(10-11-31-26)35-27-9-7-8-25(19(27)3)28(34)32-17-20-13-22(29)15-23(30)14-20/h6-11,13-16,18H,2,5,12,17H2,1,3-4H3,(H,32,34)/b21-18+. The van der Waals surface area contributed by atoms with Crippen molar-refractivity contribution in [3.8, 4) is 11.5 Å². The molecule has 3 rings (SSSR count). The number of nitrogens with zero attached hydrogens (tertiary/aromatic N) is 2. The van der Waals surface area contributed by atoms with Crippen molar-refractivity contribution in [3.05, 3.63) is 108 Å². The minimum Gasteiger partial charge on any atom is -0.457 e. The van der Waals surface area contributed by atoms with Crippen LogP contribution in [0.2, 0.25) is 0 Å². The lowest BCUT2D eigenvalue weighted by Crippen LogP contribution is -2.23. The molecule has 1 amide bonds. The minimum absolute atomic E-state index is 0.00506. The lowest BCUT2D eigenvalue weighted by Gasteiger charge is -2.15. The van der Waals surface area contributed by atoms with E-state index in [0.717, 1.165) is 24.6 Å². The third-order valence-electron chi connectivity index (χ3n) is 5.31. The number of nitrogens with one attached hydrogen (secondary N) is 1. The summed E-state index contributed by atoms with van der Waals surface area (Å²) in [5.74, 6) is -0.674. The Morgan fingerprint density at radius 3 is 2.60 bits per heavy atom. The number of pyridine rings is 1. The van der Waals surface area contributed by atoms with Crippen LogP contribution in [0.5, 0.6) is 11.5 Å². The van der Waals surface area contributed by atoms with Crippen molar-refractivity contribution in [2.75, 3.05) is 13.6 Å². The number of rotatable bonds is 10. The smallest absolute Gasteiger partial charge is 0.251 e. The molecule has 1 aromatic heterocycles. The molecule has 0 radical (unpaired) electrons. The van der Waals surface area contributed by atoms with Crippen molar-refractivity contribution in [1.82, 2.24) is 15.2 Å². The molecule has 0 saturated carbocycles. The summed E-state index contributed by atoms with van der Waals surface area (Å²) in [6.07, 6.45) is 6.42. The largest absolute Gasteiger partial charge is 0.457 e. The molecule has 182 valence electrons. The predicted octanol–water partition coefficient (Wildman–Crippen LogP) is 6.26. The first kappa shape index (κ1) is 25.6. The molecule has 3 aromatic rings. The first-order chi connectivity index (χ1) is 16.8. The van der Waals surface area contributed by atoms with Gasteiger partial charge in [-0.1, -0.05) is 25.6 Å². The maximum absolute atomic E-state index is 13.4. The number of carbonyl (C=O) groups excluding carboxylic acids is 1. The first-order valence-corrected chi connectivity index (χ1v) is 11.3. The number of allylic oxidation sites excluding steroid dienone is 2. The maximum atomic E-state index is 13.4. The van der Waals surface area contributed by atoms with Gasteiger partial charge in [0.1, 0.15) is 23.1 Å². The maximum Gasteiger partial charge on any atom is 0.251 e. The van der Waals surface area contributed by atoms with Crippen molar-refractivity contribution in [2.24, 2.45) is 0 Å². The van der Waals surface area contributed by atoms with Crippen LogP contribution in [0.1, 0.15) is 40.5 Å². The van der Waals surface area contributed by atoms with Crippen LogP contribution < -0.4 is 10.1 Å². The molecular formula is C28H29F2N3O2. The molecule has 1 heterocycles. The summed E-state index contributed by atoms with van der Waals surface area (Å²) in [5.41, 5.74) is 2.96. The van der Waals surface area contributed by atoms with Crippen LogP contribution >= 0.6 is 0 Å². The van der Waals surface area contributed by atoms with Gasteiger partial charge in [0.15, 0.2) is 0 Å². The van der Waals surface area contributed by atoms with E-state index in [-0.39, 0.29) is 12.5 Å². The van der Waals surface area contributed by atoms with Crippen molar-refractivity contribution in [1.29, 1.82) is 0 Å². The third-order valence-corrected chi connectivity index (χ3v) is 5.31. The van der Waals surface area contributed by atoms with Gasteiger partial charge in [-0.25, -0.2) is 8.78 Å². The Balaban J connectivity index is 1.77. The molecular weight excluding hydrogens is 448 g/mol. The lowest BCUT2D eigenvalue weighted by molar-refractivity contribution is 0.0950. The second kappa shape index (κ2) is 11.9. The average Bonchev–Trinajstić information content (AvgIpc) is 2.82. The molecule has 1 N–H and O–H groups in total. The molecule has 2 aromatic carbocycles. The highest BCUT2D eigenvalue weighted by molar-refractivity contribution is 5.96. The van der Waals surface area contributed by atoms with Crippen molar-refractivity contribution in [2.45, 2.75) is 26.8 Å². The number of hydrogen-bond donors (Lipinski definition) is 1. The molecule has 0 aliphatic carbocycles. The number of ether oxygens (including phenoxy) is 1. The van der Waals surface area contributed by atoms with Crippen molar-refractivity contribution in [3.63, 3.8) is 0 Å². The van der Waals surface area contributed by atoms with Gasteiger partial charge in [0.05, 0.1) is 5.69 Å².